The van der Waals surface area contributed by atoms with Crippen molar-refractivity contribution in [2.75, 3.05) is 6.61 Å². The summed E-state index contributed by atoms with van der Waals surface area (Å²) in [6.45, 7) is 1.83. The fraction of sp³-hybridized carbons (Fsp3) is 0.0952. The Morgan fingerprint density at radius 2 is 2.04 bits per heavy atom. The largest absolute Gasteiger partial charge is 0.481 e. The van der Waals surface area contributed by atoms with E-state index in [1.165, 1.54) is 0 Å². The molecule has 2 aromatic heterocycles. The van der Waals surface area contributed by atoms with Gasteiger partial charge in [-0.15, -0.1) is 0 Å². The highest BCUT2D eigenvalue weighted by Crippen LogP contribution is 2.23. The number of para-hydroxylation sites is 2. The number of amides is 1. The van der Waals surface area contributed by atoms with Crippen LogP contribution in [0.15, 0.2) is 65.9 Å². The highest BCUT2D eigenvalue weighted by atomic mass is 16.5. The predicted molar refractivity (Wildman–Crippen MR) is 106 cm³/mol. The van der Waals surface area contributed by atoms with Gasteiger partial charge in [0.2, 0.25) is 0 Å². The van der Waals surface area contributed by atoms with E-state index in [2.05, 4.69) is 20.5 Å². The van der Waals surface area contributed by atoms with Crippen molar-refractivity contribution in [1.29, 1.82) is 0 Å². The highest BCUT2D eigenvalue weighted by molar-refractivity contribution is 6.00. The van der Waals surface area contributed by atoms with Crippen molar-refractivity contribution in [3.05, 3.63) is 72.1 Å². The molecule has 6 heteroatoms. The summed E-state index contributed by atoms with van der Waals surface area (Å²) >= 11 is 0. The summed E-state index contributed by atoms with van der Waals surface area (Å²) in [6.07, 6.45) is 3.34. The van der Waals surface area contributed by atoms with Crippen LogP contribution < -0.4 is 10.2 Å². The lowest BCUT2D eigenvalue weighted by Crippen LogP contribution is -2.24. The topological polar surface area (TPSA) is 79.4 Å². The number of fused-ring (bicyclic) bond motifs is 2. The molecular weight excluding hydrogens is 340 g/mol. The Labute approximate surface area is 155 Å². The summed E-state index contributed by atoms with van der Waals surface area (Å²) < 4.78 is 5.61. The summed E-state index contributed by atoms with van der Waals surface area (Å²) in [4.78, 5) is 19.6. The lowest BCUT2D eigenvalue weighted by atomic mass is 10.1. The maximum Gasteiger partial charge on any atom is 0.277 e. The van der Waals surface area contributed by atoms with Gasteiger partial charge in [-0.3, -0.25) is 9.78 Å². The number of nitrogens with one attached hydrogen (secondary N) is 2. The number of hydrogen-bond acceptors (Lipinski definition) is 4. The van der Waals surface area contributed by atoms with Crippen LogP contribution >= 0.6 is 0 Å². The van der Waals surface area contributed by atoms with E-state index in [9.17, 15) is 4.79 Å². The molecule has 0 radical (unpaired) electrons. The molecule has 0 bridgehead atoms. The molecule has 6 nitrogen and oxygen atoms in total. The first-order chi connectivity index (χ1) is 13.2. The zero-order valence-corrected chi connectivity index (χ0v) is 14.8. The second-order valence-electron chi connectivity index (χ2n) is 6.12. The van der Waals surface area contributed by atoms with Crippen LogP contribution in [0.25, 0.3) is 21.8 Å². The molecule has 0 aliphatic carbocycles. The monoisotopic (exact) mass is 358 g/mol. The molecule has 0 aliphatic heterocycles. The Balaban J connectivity index is 1.41. The predicted octanol–water partition coefficient (Wildman–Crippen LogP) is 3.55. The lowest BCUT2D eigenvalue weighted by molar-refractivity contribution is -0.123. The van der Waals surface area contributed by atoms with Crippen LogP contribution in [-0.2, 0) is 4.79 Å². The minimum atomic E-state index is -0.336. The number of rotatable bonds is 5. The number of carbonyl (C=O) groups is 1. The molecular formula is C21H18N4O2. The van der Waals surface area contributed by atoms with Gasteiger partial charge in [-0.05, 0) is 25.1 Å². The Hall–Kier alpha value is -3.67. The van der Waals surface area contributed by atoms with Crippen molar-refractivity contribution in [3.63, 3.8) is 0 Å². The van der Waals surface area contributed by atoms with E-state index < -0.39 is 0 Å². The number of aromatic amines is 1. The molecule has 1 amide bonds. The van der Waals surface area contributed by atoms with Crippen molar-refractivity contribution in [1.82, 2.24) is 15.4 Å². The molecule has 27 heavy (non-hydrogen) atoms. The number of nitrogens with zero attached hydrogens (tertiary/aromatic N) is 2. The zero-order valence-electron chi connectivity index (χ0n) is 14.8. The zero-order chi connectivity index (χ0) is 18.6. The number of hydrazone groups is 1. The molecule has 0 fully saturated rings. The number of aryl methyl sites for hydroxylation is 1. The summed E-state index contributed by atoms with van der Waals surface area (Å²) in [7, 11) is 0. The van der Waals surface area contributed by atoms with Crippen LogP contribution in [0.4, 0.5) is 0 Å². The van der Waals surface area contributed by atoms with Gasteiger partial charge in [0.05, 0.1) is 6.21 Å². The lowest BCUT2D eigenvalue weighted by Gasteiger charge is -2.07. The number of pyridine rings is 1. The van der Waals surface area contributed by atoms with Gasteiger partial charge in [0, 0.05) is 33.7 Å². The van der Waals surface area contributed by atoms with Gasteiger partial charge >= 0.3 is 0 Å². The van der Waals surface area contributed by atoms with Gasteiger partial charge in [-0.2, -0.15) is 5.10 Å². The first-order valence-electron chi connectivity index (χ1n) is 8.58. The van der Waals surface area contributed by atoms with Crippen LogP contribution in [0.2, 0.25) is 0 Å². The summed E-state index contributed by atoms with van der Waals surface area (Å²) in [5.41, 5.74) is 6.21. The Bertz CT molecular complexity index is 1140. The van der Waals surface area contributed by atoms with Crippen molar-refractivity contribution >= 4 is 33.9 Å². The average molecular weight is 358 g/mol. The van der Waals surface area contributed by atoms with E-state index in [1.54, 1.807) is 18.5 Å². The maximum atomic E-state index is 12.1. The van der Waals surface area contributed by atoms with Gasteiger partial charge in [0.15, 0.2) is 6.61 Å². The van der Waals surface area contributed by atoms with Crippen molar-refractivity contribution in [2.45, 2.75) is 6.92 Å². The van der Waals surface area contributed by atoms with Gasteiger partial charge in [0.1, 0.15) is 11.3 Å². The number of benzene rings is 2. The Morgan fingerprint density at radius 3 is 2.96 bits per heavy atom. The van der Waals surface area contributed by atoms with E-state index in [0.717, 1.165) is 33.1 Å². The average Bonchev–Trinajstić information content (AvgIpc) is 3.02. The van der Waals surface area contributed by atoms with Crippen molar-refractivity contribution in [3.8, 4) is 5.75 Å². The summed E-state index contributed by atoms with van der Waals surface area (Å²) in [6, 6.07) is 17.4. The van der Waals surface area contributed by atoms with Crippen LogP contribution in [0, 0.1) is 6.92 Å². The van der Waals surface area contributed by atoms with Gasteiger partial charge in [-0.1, -0.05) is 36.4 Å². The maximum absolute atomic E-state index is 12.1. The van der Waals surface area contributed by atoms with Crippen LogP contribution in [0.5, 0.6) is 5.75 Å². The number of hydrogen-bond donors (Lipinski definition) is 2. The first-order valence-corrected chi connectivity index (χ1v) is 8.58. The summed E-state index contributed by atoms with van der Waals surface area (Å²) in [5.74, 6) is 0.233. The third kappa shape index (κ3) is 3.50. The molecule has 0 saturated heterocycles. The van der Waals surface area contributed by atoms with E-state index in [4.69, 9.17) is 4.74 Å². The smallest absolute Gasteiger partial charge is 0.277 e. The molecule has 134 valence electrons. The van der Waals surface area contributed by atoms with E-state index in [-0.39, 0.29) is 12.5 Å². The van der Waals surface area contributed by atoms with Gasteiger partial charge in [0.25, 0.3) is 5.91 Å². The quantitative estimate of drug-likeness (QED) is 0.423. The SMILES string of the molecule is Cc1[nH]c2ccccc2c1/C=N/NC(=O)COc1cccc2cccnc12. The summed E-state index contributed by atoms with van der Waals surface area (Å²) in [5, 5.41) is 6.08. The number of H-pyrrole nitrogens is 1. The van der Waals surface area contributed by atoms with Crippen molar-refractivity contribution in [2.24, 2.45) is 5.10 Å². The number of ether oxygens (including phenoxy) is 1. The molecule has 0 atom stereocenters. The standard InChI is InChI=1S/C21H18N4O2/c1-14-17(16-8-2-3-9-18(16)24-14)12-23-25-20(26)13-27-19-10-4-6-15-7-5-11-22-21(15)19/h2-12,24H,13H2,1H3,(H,25,26)/b23-12+. The third-order valence-corrected chi connectivity index (χ3v) is 4.28. The molecule has 0 aliphatic rings. The molecule has 0 spiro atoms. The fourth-order valence-electron chi connectivity index (χ4n) is 3.00. The molecule has 4 aromatic rings. The second kappa shape index (κ2) is 7.29. The molecule has 2 heterocycles. The van der Waals surface area contributed by atoms with E-state index >= 15 is 0 Å². The second-order valence-corrected chi connectivity index (χ2v) is 6.12. The van der Waals surface area contributed by atoms with Gasteiger partial charge < -0.3 is 9.72 Å². The minimum Gasteiger partial charge on any atom is -0.481 e. The Kier molecular flexibility index (Phi) is 4.53. The van der Waals surface area contributed by atoms with Crippen molar-refractivity contribution < 1.29 is 9.53 Å². The van der Waals surface area contributed by atoms with Crippen LogP contribution in [-0.4, -0.2) is 28.7 Å². The van der Waals surface area contributed by atoms with Gasteiger partial charge in [-0.25, -0.2) is 5.43 Å². The molecule has 4 rings (SSSR count). The van der Waals surface area contributed by atoms with E-state index in [1.807, 2.05) is 55.5 Å². The number of aromatic nitrogens is 2. The molecule has 0 unspecified atom stereocenters. The highest BCUT2D eigenvalue weighted by Gasteiger charge is 2.07. The Morgan fingerprint density at radius 1 is 1.19 bits per heavy atom. The first kappa shape index (κ1) is 16.8. The van der Waals surface area contributed by atoms with E-state index in [0.29, 0.717) is 5.75 Å². The molecule has 2 aromatic carbocycles. The molecule has 2 N–H and O–H groups in total. The van der Waals surface area contributed by atoms with Crippen LogP contribution in [0.3, 0.4) is 0 Å². The minimum absolute atomic E-state index is 0.139. The fourth-order valence-corrected chi connectivity index (χ4v) is 3.00. The van der Waals surface area contributed by atoms with Crippen LogP contribution in [0.1, 0.15) is 11.3 Å². The normalized spacial score (nSPS) is 11.3. The molecule has 0 saturated carbocycles. The number of carbonyl (C=O) groups excluding carboxylic acids is 1. The third-order valence-electron chi connectivity index (χ3n) is 4.28.